The van der Waals surface area contributed by atoms with Crippen molar-refractivity contribution >= 4 is 11.6 Å². The van der Waals surface area contributed by atoms with E-state index in [2.05, 4.69) is 10.6 Å². The molecule has 80 valence electrons. The molecule has 2 N–H and O–H groups in total. The first-order valence-corrected chi connectivity index (χ1v) is 4.95. The molecule has 4 nitrogen and oxygen atoms in total. The lowest BCUT2D eigenvalue weighted by molar-refractivity contribution is -0.117. The molecule has 0 spiro atoms. The van der Waals surface area contributed by atoms with Crippen molar-refractivity contribution in [2.45, 2.75) is 6.04 Å². The van der Waals surface area contributed by atoms with Gasteiger partial charge >= 0.3 is 0 Å². The number of methoxy groups -OCH3 is 1. The summed E-state index contributed by atoms with van der Waals surface area (Å²) in [5.74, 6) is 0.00676. The van der Waals surface area contributed by atoms with Crippen LogP contribution in [0, 0.1) is 0 Å². The Labute approximate surface area is 88.6 Å². The molecule has 15 heavy (non-hydrogen) atoms. The van der Waals surface area contributed by atoms with Crippen LogP contribution in [0.4, 0.5) is 5.69 Å². The van der Waals surface area contributed by atoms with E-state index in [1.54, 1.807) is 7.11 Å². The van der Waals surface area contributed by atoms with Crippen molar-refractivity contribution in [3.8, 4) is 0 Å². The maximum atomic E-state index is 11.6. The smallest absolute Gasteiger partial charge is 0.246 e. The summed E-state index contributed by atoms with van der Waals surface area (Å²) in [6.07, 6.45) is 0. The van der Waals surface area contributed by atoms with Gasteiger partial charge in [-0.2, -0.15) is 0 Å². The van der Waals surface area contributed by atoms with Gasteiger partial charge in [0, 0.05) is 24.9 Å². The second-order valence-corrected chi connectivity index (χ2v) is 3.46. The van der Waals surface area contributed by atoms with E-state index in [1.165, 1.54) is 0 Å². The van der Waals surface area contributed by atoms with E-state index in [9.17, 15) is 4.79 Å². The SMILES string of the molecule is COCCNC1C(=O)Nc2ccccc21. The molecule has 1 atom stereocenters. The lowest BCUT2D eigenvalue weighted by atomic mass is 10.1. The van der Waals surface area contributed by atoms with Gasteiger partial charge < -0.3 is 10.1 Å². The summed E-state index contributed by atoms with van der Waals surface area (Å²) in [7, 11) is 1.64. The monoisotopic (exact) mass is 206 g/mol. The highest BCUT2D eigenvalue weighted by atomic mass is 16.5. The Balaban J connectivity index is 2.08. The van der Waals surface area contributed by atoms with Gasteiger partial charge in [-0.05, 0) is 6.07 Å². The zero-order chi connectivity index (χ0) is 10.7. The van der Waals surface area contributed by atoms with Crippen molar-refractivity contribution in [2.24, 2.45) is 0 Å². The molecule has 0 aliphatic carbocycles. The second kappa shape index (κ2) is 4.42. The molecule has 1 aromatic carbocycles. The molecule has 0 saturated heterocycles. The third-order valence-corrected chi connectivity index (χ3v) is 2.45. The van der Waals surface area contributed by atoms with Crippen LogP contribution in [0.15, 0.2) is 24.3 Å². The largest absolute Gasteiger partial charge is 0.383 e. The highest BCUT2D eigenvalue weighted by Crippen LogP contribution is 2.29. The first-order chi connectivity index (χ1) is 7.33. The summed E-state index contributed by atoms with van der Waals surface area (Å²) in [4.78, 5) is 11.6. The first kappa shape index (κ1) is 10.1. The summed E-state index contributed by atoms with van der Waals surface area (Å²) in [5, 5.41) is 5.98. The van der Waals surface area contributed by atoms with E-state index >= 15 is 0 Å². The first-order valence-electron chi connectivity index (χ1n) is 4.95. The lowest BCUT2D eigenvalue weighted by Gasteiger charge is -2.10. The van der Waals surface area contributed by atoms with Crippen molar-refractivity contribution in [1.29, 1.82) is 0 Å². The molecule has 0 saturated carbocycles. The number of benzene rings is 1. The standard InChI is InChI=1S/C11H14N2O2/c1-15-7-6-12-10-8-4-2-3-5-9(8)13-11(10)14/h2-5,10,12H,6-7H2,1H3,(H,13,14). The maximum absolute atomic E-state index is 11.6. The van der Waals surface area contributed by atoms with Crippen LogP contribution in [0.1, 0.15) is 11.6 Å². The van der Waals surface area contributed by atoms with Crippen molar-refractivity contribution in [3.05, 3.63) is 29.8 Å². The van der Waals surface area contributed by atoms with E-state index < -0.39 is 0 Å². The highest BCUT2D eigenvalue weighted by Gasteiger charge is 2.29. The van der Waals surface area contributed by atoms with Crippen molar-refractivity contribution < 1.29 is 9.53 Å². The van der Waals surface area contributed by atoms with Crippen LogP contribution in [-0.4, -0.2) is 26.2 Å². The number of ether oxygens (including phenoxy) is 1. The number of carbonyl (C=O) groups is 1. The van der Waals surface area contributed by atoms with Crippen molar-refractivity contribution in [2.75, 3.05) is 25.6 Å². The number of carbonyl (C=O) groups excluding carboxylic acids is 1. The van der Waals surface area contributed by atoms with Crippen LogP contribution in [0.3, 0.4) is 0 Å². The van der Waals surface area contributed by atoms with Gasteiger partial charge in [-0.15, -0.1) is 0 Å². The fourth-order valence-corrected chi connectivity index (χ4v) is 1.72. The Bertz CT molecular complexity index is 365. The van der Waals surface area contributed by atoms with Crippen LogP contribution in [0.5, 0.6) is 0 Å². The van der Waals surface area contributed by atoms with Gasteiger partial charge in [-0.3, -0.25) is 10.1 Å². The molecule has 2 rings (SSSR count). The van der Waals surface area contributed by atoms with E-state index in [0.29, 0.717) is 13.2 Å². The lowest BCUT2D eigenvalue weighted by Crippen LogP contribution is -2.30. The number of anilines is 1. The Morgan fingerprint density at radius 2 is 2.27 bits per heavy atom. The zero-order valence-electron chi connectivity index (χ0n) is 8.62. The predicted molar refractivity (Wildman–Crippen MR) is 57.7 cm³/mol. The molecule has 1 aromatic rings. The third-order valence-electron chi connectivity index (χ3n) is 2.45. The number of rotatable bonds is 4. The molecule has 1 heterocycles. The van der Waals surface area contributed by atoms with Gasteiger partial charge in [0.05, 0.1) is 6.61 Å². The quantitative estimate of drug-likeness (QED) is 0.720. The van der Waals surface area contributed by atoms with Gasteiger partial charge in [0.25, 0.3) is 0 Å². The minimum atomic E-state index is -0.239. The Hall–Kier alpha value is -1.39. The van der Waals surface area contributed by atoms with Gasteiger partial charge in [-0.25, -0.2) is 0 Å². The van der Waals surface area contributed by atoms with Gasteiger partial charge in [-0.1, -0.05) is 18.2 Å². The summed E-state index contributed by atoms with van der Waals surface area (Å²) >= 11 is 0. The molecule has 4 heteroatoms. The Kier molecular flexibility index (Phi) is 2.99. The number of hydrogen-bond donors (Lipinski definition) is 2. The second-order valence-electron chi connectivity index (χ2n) is 3.46. The van der Waals surface area contributed by atoms with Crippen molar-refractivity contribution in [3.63, 3.8) is 0 Å². The van der Waals surface area contributed by atoms with Crippen LogP contribution in [0.2, 0.25) is 0 Å². The molecular formula is C11H14N2O2. The molecule has 0 bridgehead atoms. The van der Waals surface area contributed by atoms with Crippen LogP contribution in [-0.2, 0) is 9.53 Å². The number of hydrogen-bond acceptors (Lipinski definition) is 3. The van der Waals surface area contributed by atoms with Crippen molar-refractivity contribution in [1.82, 2.24) is 5.32 Å². The summed E-state index contributed by atoms with van der Waals surface area (Å²) < 4.78 is 4.93. The predicted octanol–water partition coefficient (Wildman–Crippen LogP) is 0.916. The average Bonchev–Trinajstić information content (AvgIpc) is 2.56. The third kappa shape index (κ3) is 2.00. The minimum Gasteiger partial charge on any atom is -0.383 e. The highest BCUT2D eigenvalue weighted by molar-refractivity contribution is 6.02. The minimum absolute atomic E-state index is 0.00676. The average molecular weight is 206 g/mol. The number of fused-ring (bicyclic) bond motifs is 1. The Morgan fingerprint density at radius 3 is 3.07 bits per heavy atom. The van der Waals surface area contributed by atoms with Gasteiger partial charge in [0.2, 0.25) is 5.91 Å². The van der Waals surface area contributed by atoms with E-state index in [1.807, 2.05) is 24.3 Å². The van der Waals surface area contributed by atoms with Gasteiger partial charge in [0.1, 0.15) is 6.04 Å². The van der Waals surface area contributed by atoms with Gasteiger partial charge in [0.15, 0.2) is 0 Å². The van der Waals surface area contributed by atoms with Crippen LogP contribution in [0.25, 0.3) is 0 Å². The van der Waals surface area contributed by atoms with Crippen LogP contribution < -0.4 is 10.6 Å². The van der Waals surface area contributed by atoms with Crippen LogP contribution >= 0.6 is 0 Å². The summed E-state index contributed by atoms with van der Waals surface area (Å²) in [5.41, 5.74) is 1.91. The van der Waals surface area contributed by atoms with E-state index in [-0.39, 0.29) is 11.9 Å². The summed E-state index contributed by atoms with van der Waals surface area (Å²) in [6.45, 7) is 1.27. The molecule has 1 aliphatic rings. The Morgan fingerprint density at radius 1 is 1.47 bits per heavy atom. The summed E-state index contributed by atoms with van der Waals surface area (Å²) in [6, 6.07) is 7.47. The molecule has 1 unspecified atom stereocenters. The topological polar surface area (TPSA) is 50.4 Å². The molecule has 0 radical (unpaired) electrons. The molecule has 0 fully saturated rings. The normalized spacial score (nSPS) is 18.7. The number of amides is 1. The maximum Gasteiger partial charge on any atom is 0.246 e. The van der Waals surface area contributed by atoms with E-state index in [0.717, 1.165) is 11.3 Å². The molecule has 0 aromatic heterocycles. The zero-order valence-corrected chi connectivity index (χ0v) is 8.62. The number of nitrogens with one attached hydrogen (secondary N) is 2. The molecule has 1 amide bonds. The van der Waals surface area contributed by atoms with E-state index in [4.69, 9.17) is 4.74 Å². The number of para-hydroxylation sites is 1. The fraction of sp³-hybridized carbons (Fsp3) is 0.364. The fourth-order valence-electron chi connectivity index (χ4n) is 1.72. The molecule has 1 aliphatic heterocycles. The molecular weight excluding hydrogens is 192 g/mol.